The van der Waals surface area contributed by atoms with Crippen LogP contribution < -0.4 is 22.1 Å². The van der Waals surface area contributed by atoms with Gasteiger partial charge < -0.3 is 31.9 Å². The number of carbonyl (C=O) groups excluding carboxylic acids is 2. The molecule has 2 aromatic rings. The number of carbonyl (C=O) groups is 2. The zero-order valence-electron chi connectivity index (χ0n) is 21.0. The summed E-state index contributed by atoms with van der Waals surface area (Å²) in [6.07, 6.45) is -1.79. The molecule has 2 amide bonds. The van der Waals surface area contributed by atoms with Crippen molar-refractivity contribution in [1.82, 2.24) is 10.6 Å². The Morgan fingerprint density at radius 2 is 1.62 bits per heavy atom. The molecule has 0 spiro atoms. The summed E-state index contributed by atoms with van der Waals surface area (Å²) in [5.74, 6) is -4.51. The molecule has 0 aliphatic carbocycles. The highest BCUT2D eigenvalue weighted by atomic mass is 19.2. The number of nitrogens with one attached hydrogen (secondary N) is 2. The van der Waals surface area contributed by atoms with Gasteiger partial charge in [-0.25, -0.2) is 13.2 Å². The van der Waals surface area contributed by atoms with Crippen molar-refractivity contribution in [2.24, 2.45) is 16.9 Å². The van der Waals surface area contributed by atoms with Crippen LogP contribution in [0.1, 0.15) is 31.4 Å². The van der Waals surface area contributed by atoms with Crippen LogP contribution in [0.3, 0.4) is 0 Å². The van der Waals surface area contributed by atoms with Gasteiger partial charge in [0.2, 0.25) is 5.91 Å². The van der Waals surface area contributed by atoms with Gasteiger partial charge in [0, 0.05) is 31.6 Å². The summed E-state index contributed by atoms with van der Waals surface area (Å²) in [5.41, 5.74) is 12.0. The lowest BCUT2D eigenvalue weighted by atomic mass is 9.93. The molecule has 0 aromatic heterocycles. The summed E-state index contributed by atoms with van der Waals surface area (Å²) in [7, 11) is 0. The van der Waals surface area contributed by atoms with Crippen LogP contribution in [0.5, 0.6) is 0 Å². The van der Waals surface area contributed by atoms with Crippen molar-refractivity contribution in [3.63, 3.8) is 0 Å². The maximum absolute atomic E-state index is 13.8. The second-order valence-corrected chi connectivity index (χ2v) is 9.79. The standard InChI is InChI=1S/C26H35F3N4O4/c1-26(2,14-32-23(34)10-18(30)8-17-9-20(28)21(29)11-19(17)27)15-33-25(36)24(35)22(31)13-37-12-16-6-4-3-5-7-16/h3-7,9,11,18,22,24,35H,8,10,12-15,30-31H2,1-2H3,(H,32,34)(H,33,36). The molecule has 37 heavy (non-hydrogen) atoms. The largest absolute Gasteiger partial charge is 0.382 e. The van der Waals surface area contributed by atoms with E-state index in [-0.39, 0.29) is 38.1 Å². The number of ether oxygens (including phenoxy) is 1. The van der Waals surface area contributed by atoms with Gasteiger partial charge in [0.05, 0.1) is 19.3 Å². The topological polar surface area (TPSA) is 140 Å². The van der Waals surface area contributed by atoms with E-state index in [2.05, 4.69) is 10.6 Å². The summed E-state index contributed by atoms with van der Waals surface area (Å²) in [4.78, 5) is 24.6. The van der Waals surface area contributed by atoms with Gasteiger partial charge >= 0.3 is 0 Å². The van der Waals surface area contributed by atoms with E-state index in [1.54, 1.807) is 13.8 Å². The van der Waals surface area contributed by atoms with E-state index < -0.39 is 52.9 Å². The quantitative estimate of drug-likeness (QED) is 0.238. The Hall–Kier alpha value is -2.99. The second kappa shape index (κ2) is 14.1. The Balaban J connectivity index is 1.71. The molecule has 3 unspecified atom stereocenters. The van der Waals surface area contributed by atoms with Crippen molar-refractivity contribution in [3.8, 4) is 0 Å². The molecular weight excluding hydrogens is 489 g/mol. The zero-order valence-corrected chi connectivity index (χ0v) is 21.0. The van der Waals surface area contributed by atoms with Crippen molar-refractivity contribution < 1.29 is 32.6 Å². The molecule has 2 aromatic carbocycles. The highest BCUT2D eigenvalue weighted by molar-refractivity contribution is 5.81. The van der Waals surface area contributed by atoms with Crippen LogP contribution in [0.2, 0.25) is 0 Å². The summed E-state index contributed by atoms with van der Waals surface area (Å²) >= 11 is 0. The predicted octanol–water partition coefficient (Wildman–Crippen LogP) is 1.53. The van der Waals surface area contributed by atoms with Crippen LogP contribution in [0.4, 0.5) is 13.2 Å². The molecule has 0 saturated carbocycles. The normalized spacial score (nSPS) is 14.1. The van der Waals surface area contributed by atoms with Crippen LogP contribution in [-0.2, 0) is 27.4 Å². The van der Waals surface area contributed by atoms with E-state index in [1.807, 2.05) is 30.3 Å². The Kier molecular flexibility index (Phi) is 11.5. The number of amides is 2. The summed E-state index contributed by atoms with van der Waals surface area (Å²) in [5, 5.41) is 15.5. The highest BCUT2D eigenvalue weighted by Crippen LogP contribution is 2.16. The number of hydrogen-bond acceptors (Lipinski definition) is 6. The first-order valence-corrected chi connectivity index (χ1v) is 11.9. The Morgan fingerprint density at radius 3 is 2.30 bits per heavy atom. The third-order valence-electron chi connectivity index (χ3n) is 5.62. The van der Waals surface area contributed by atoms with Gasteiger partial charge in [-0.3, -0.25) is 9.59 Å². The average Bonchev–Trinajstić information content (AvgIpc) is 2.84. The van der Waals surface area contributed by atoms with Gasteiger partial charge in [-0.05, 0) is 29.0 Å². The SMILES string of the molecule is CC(C)(CNC(=O)CC(N)Cc1cc(F)c(F)cc1F)CNC(=O)C(O)C(N)COCc1ccccc1. The number of nitrogens with two attached hydrogens (primary N) is 2. The van der Waals surface area contributed by atoms with Crippen LogP contribution in [0, 0.1) is 22.9 Å². The summed E-state index contributed by atoms with van der Waals surface area (Å²) in [6, 6.07) is 8.82. The van der Waals surface area contributed by atoms with E-state index in [1.165, 1.54) is 0 Å². The number of rotatable bonds is 14. The third kappa shape index (κ3) is 10.5. The molecule has 0 aliphatic heterocycles. The van der Waals surface area contributed by atoms with Crippen molar-refractivity contribution in [3.05, 3.63) is 71.0 Å². The molecule has 0 aliphatic rings. The molecule has 0 saturated heterocycles. The summed E-state index contributed by atoms with van der Waals surface area (Å²) < 4.78 is 45.7. The Bertz CT molecular complexity index is 1040. The monoisotopic (exact) mass is 524 g/mol. The fraction of sp³-hybridized carbons (Fsp3) is 0.462. The van der Waals surface area contributed by atoms with Gasteiger partial charge in [0.25, 0.3) is 5.91 Å². The van der Waals surface area contributed by atoms with E-state index >= 15 is 0 Å². The molecular formula is C26H35F3N4O4. The van der Waals surface area contributed by atoms with Crippen LogP contribution in [0.15, 0.2) is 42.5 Å². The molecule has 2 rings (SSSR count). The molecule has 0 bridgehead atoms. The first kappa shape index (κ1) is 30.2. The lowest BCUT2D eigenvalue weighted by Crippen LogP contribution is -2.51. The molecule has 0 fully saturated rings. The molecule has 0 radical (unpaired) electrons. The number of hydrogen-bond donors (Lipinski definition) is 5. The van der Waals surface area contributed by atoms with Crippen molar-refractivity contribution in [1.29, 1.82) is 0 Å². The Morgan fingerprint density at radius 1 is 1.00 bits per heavy atom. The zero-order chi connectivity index (χ0) is 27.6. The predicted molar refractivity (Wildman–Crippen MR) is 132 cm³/mol. The van der Waals surface area contributed by atoms with E-state index in [9.17, 15) is 27.9 Å². The van der Waals surface area contributed by atoms with E-state index in [0.29, 0.717) is 12.7 Å². The minimum atomic E-state index is -1.48. The molecule has 11 heteroatoms. The third-order valence-corrected chi connectivity index (χ3v) is 5.62. The van der Waals surface area contributed by atoms with Gasteiger partial charge in [-0.2, -0.15) is 0 Å². The minimum Gasteiger partial charge on any atom is -0.382 e. The number of aliphatic hydroxyl groups excluding tert-OH is 1. The van der Waals surface area contributed by atoms with Crippen LogP contribution in [0.25, 0.3) is 0 Å². The first-order chi connectivity index (χ1) is 17.4. The minimum absolute atomic E-state index is 0.0162. The lowest BCUT2D eigenvalue weighted by molar-refractivity contribution is -0.131. The number of benzene rings is 2. The summed E-state index contributed by atoms with van der Waals surface area (Å²) in [6.45, 7) is 4.17. The van der Waals surface area contributed by atoms with E-state index in [0.717, 1.165) is 11.6 Å². The molecule has 3 atom stereocenters. The van der Waals surface area contributed by atoms with E-state index in [4.69, 9.17) is 16.2 Å². The smallest absolute Gasteiger partial charge is 0.250 e. The van der Waals surface area contributed by atoms with Gasteiger partial charge in [-0.15, -0.1) is 0 Å². The number of aliphatic hydroxyl groups is 1. The lowest BCUT2D eigenvalue weighted by Gasteiger charge is -2.27. The average molecular weight is 525 g/mol. The number of halogens is 3. The maximum Gasteiger partial charge on any atom is 0.250 e. The van der Waals surface area contributed by atoms with Crippen LogP contribution in [-0.4, -0.2) is 54.8 Å². The van der Waals surface area contributed by atoms with Crippen molar-refractivity contribution in [2.45, 2.75) is 51.5 Å². The molecule has 8 nitrogen and oxygen atoms in total. The van der Waals surface area contributed by atoms with Gasteiger partial charge in [0.1, 0.15) is 11.9 Å². The second-order valence-electron chi connectivity index (χ2n) is 9.79. The molecule has 204 valence electrons. The fourth-order valence-electron chi connectivity index (χ4n) is 3.39. The first-order valence-electron chi connectivity index (χ1n) is 11.9. The fourth-order valence-corrected chi connectivity index (χ4v) is 3.39. The molecule has 7 N–H and O–H groups in total. The van der Waals surface area contributed by atoms with Gasteiger partial charge in [-0.1, -0.05) is 44.2 Å². The van der Waals surface area contributed by atoms with Gasteiger partial charge in [0.15, 0.2) is 11.6 Å². The van der Waals surface area contributed by atoms with Crippen molar-refractivity contribution >= 4 is 11.8 Å². The molecule has 0 heterocycles. The highest BCUT2D eigenvalue weighted by Gasteiger charge is 2.26. The van der Waals surface area contributed by atoms with Crippen molar-refractivity contribution in [2.75, 3.05) is 19.7 Å². The Labute approximate surface area is 214 Å². The maximum atomic E-state index is 13.8. The van der Waals surface area contributed by atoms with Crippen LogP contribution >= 0.6 is 0 Å².